The van der Waals surface area contributed by atoms with Crippen molar-refractivity contribution in [1.82, 2.24) is 20.0 Å². The van der Waals surface area contributed by atoms with Crippen molar-refractivity contribution in [3.63, 3.8) is 0 Å². The fraction of sp³-hybridized carbons (Fsp3) is 0.500. The van der Waals surface area contributed by atoms with E-state index in [0.717, 1.165) is 31.6 Å². The molecule has 0 saturated carbocycles. The molecule has 0 unspecified atom stereocenters. The largest absolute Gasteiger partial charge is 0.489 e. The lowest BCUT2D eigenvalue weighted by atomic mass is 10.1. The smallest absolute Gasteiger partial charge is 0.278 e. The van der Waals surface area contributed by atoms with Crippen molar-refractivity contribution in [3.8, 4) is 11.4 Å². The van der Waals surface area contributed by atoms with E-state index in [1.54, 1.807) is 4.68 Å². The Morgan fingerprint density at radius 3 is 2.58 bits per heavy atom. The maximum atomic E-state index is 13.1. The number of carbonyl (C=O) groups excluding carboxylic acids is 1. The molecule has 0 aliphatic carbocycles. The van der Waals surface area contributed by atoms with Crippen molar-refractivity contribution in [3.05, 3.63) is 42.2 Å². The van der Waals surface area contributed by atoms with E-state index in [4.69, 9.17) is 4.74 Å². The Morgan fingerprint density at radius 2 is 1.96 bits per heavy atom. The van der Waals surface area contributed by atoms with Gasteiger partial charge in [-0.05, 0) is 37.9 Å². The summed E-state index contributed by atoms with van der Waals surface area (Å²) >= 11 is 0. The van der Waals surface area contributed by atoms with Crippen LogP contribution in [-0.4, -0.2) is 53.4 Å². The summed E-state index contributed by atoms with van der Waals surface area (Å²) in [6.07, 6.45) is 3.74. The molecule has 6 heteroatoms. The Hall–Kier alpha value is -2.34. The number of ether oxygens (including phenoxy) is 1. The highest BCUT2D eigenvalue weighted by Crippen LogP contribution is 2.23. The summed E-state index contributed by atoms with van der Waals surface area (Å²) in [5.74, 6) is 0.890. The van der Waals surface area contributed by atoms with Crippen molar-refractivity contribution < 1.29 is 9.53 Å². The first-order valence-corrected chi connectivity index (χ1v) is 9.33. The average molecular weight is 356 g/mol. The summed E-state index contributed by atoms with van der Waals surface area (Å²) < 4.78 is 7.64. The predicted molar refractivity (Wildman–Crippen MR) is 102 cm³/mol. The van der Waals surface area contributed by atoms with Crippen molar-refractivity contribution >= 4 is 5.91 Å². The Kier molecular flexibility index (Phi) is 5.93. The van der Waals surface area contributed by atoms with E-state index in [0.29, 0.717) is 30.0 Å². The molecular formula is C20H28N4O2. The van der Waals surface area contributed by atoms with Crippen molar-refractivity contribution in [2.24, 2.45) is 5.92 Å². The lowest BCUT2D eigenvalue weighted by Gasteiger charge is -2.31. The molecule has 0 spiro atoms. The minimum absolute atomic E-state index is 0.0482. The van der Waals surface area contributed by atoms with Gasteiger partial charge in [-0.25, -0.2) is 4.68 Å². The van der Waals surface area contributed by atoms with Gasteiger partial charge in [-0.1, -0.05) is 32.0 Å². The topological polar surface area (TPSA) is 59.4 Å². The molecule has 1 aromatic carbocycles. The van der Waals surface area contributed by atoms with E-state index in [1.165, 1.54) is 0 Å². The van der Waals surface area contributed by atoms with E-state index in [2.05, 4.69) is 24.3 Å². The molecule has 1 aromatic heterocycles. The third-order valence-electron chi connectivity index (χ3n) is 4.67. The van der Waals surface area contributed by atoms with Crippen LogP contribution in [0.3, 0.4) is 0 Å². The zero-order valence-electron chi connectivity index (χ0n) is 15.8. The molecule has 1 aliphatic heterocycles. The van der Waals surface area contributed by atoms with Crippen LogP contribution in [0.25, 0.3) is 5.69 Å². The third kappa shape index (κ3) is 4.25. The zero-order chi connectivity index (χ0) is 18.5. The van der Waals surface area contributed by atoms with Gasteiger partial charge < -0.3 is 15.0 Å². The Bertz CT molecular complexity index is 719. The SMILES string of the molecule is CNC1CCN(C(=O)c2nn(-c3ccccc3)cc2OCC(C)C)CC1. The summed E-state index contributed by atoms with van der Waals surface area (Å²) in [5.41, 5.74) is 1.31. The molecule has 0 atom stereocenters. The molecule has 2 heterocycles. The first-order chi connectivity index (χ1) is 12.6. The first-order valence-electron chi connectivity index (χ1n) is 9.33. The van der Waals surface area contributed by atoms with Crippen LogP contribution in [0.15, 0.2) is 36.5 Å². The molecule has 2 aromatic rings. The lowest BCUT2D eigenvalue weighted by Crippen LogP contribution is -2.44. The molecule has 0 bridgehead atoms. The minimum Gasteiger partial charge on any atom is -0.489 e. The third-order valence-corrected chi connectivity index (χ3v) is 4.67. The van der Waals surface area contributed by atoms with Gasteiger partial charge in [0.2, 0.25) is 0 Å². The molecule has 1 aliphatic rings. The van der Waals surface area contributed by atoms with Crippen LogP contribution >= 0.6 is 0 Å². The van der Waals surface area contributed by atoms with Gasteiger partial charge in [0.1, 0.15) is 0 Å². The van der Waals surface area contributed by atoms with Gasteiger partial charge in [0, 0.05) is 19.1 Å². The Labute approximate surface area is 155 Å². The second-order valence-corrected chi connectivity index (χ2v) is 7.18. The number of para-hydroxylation sites is 1. The van der Waals surface area contributed by atoms with Gasteiger partial charge >= 0.3 is 0 Å². The predicted octanol–water partition coefficient (Wildman–Crippen LogP) is 2.73. The fourth-order valence-corrected chi connectivity index (χ4v) is 3.10. The summed E-state index contributed by atoms with van der Waals surface area (Å²) in [6, 6.07) is 10.3. The van der Waals surface area contributed by atoms with E-state index < -0.39 is 0 Å². The van der Waals surface area contributed by atoms with Crippen molar-refractivity contribution in [2.45, 2.75) is 32.7 Å². The van der Waals surface area contributed by atoms with E-state index in [1.807, 2.05) is 48.5 Å². The Morgan fingerprint density at radius 1 is 1.27 bits per heavy atom. The van der Waals surface area contributed by atoms with Crippen LogP contribution in [0, 0.1) is 5.92 Å². The van der Waals surface area contributed by atoms with Crippen molar-refractivity contribution in [2.75, 3.05) is 26.7 Å². The maximum absolute atomic E-state index is 13.1. The van der Waals surface area contributed by atoms with Gasteiger partial charge in [-0.15, -0.1) is 0 Å². The number of carbonyl (C=O) groups is 1. The van der Waals surface area contributed by atoms with Gasteiger partial charge in [0.15, 0.2) is 11.4 Å². The standard InChI is InChI=1S/C20H28N4O2/c1-15(2)14-26-18-13-24(17-7-5-4-6-8-17)22-19(18)20(25)23-11-9-16(21-3)10-12-23/h4-8,13,15-16,21H,9-12,14H2,1-3H3. The van der Waals surface area contributed by atoms with E-state index in [9.17, 15) is 4.79 Å². The number of nitrogens with one attached hydrogen (secondary N) is 1. The van der Waals surface area contributed by atoms with E-state index >= 15 is 0 Å². The van der Waals surface area contributed by atoms with E-state index in [-0.39, 0.29) is 5.91 Å². The second kappa shape index (κ2) is 8.36. The Balaban J connectivity index is 1.84. The summed E-state index contributed by atoms with van der Waals surface area (Å²) in [4.78, 5) is 14.9. The number of nitrogens with zero attached hydrogens (tertiary/aromatic N) is 3. The van der Waals surface area contributed by atoms with Gasteiger partial charge in [-0.2, -0.15) is 5.10 Å². The lowest BCUT2D eigenvalue weighted by molar-refractivity contribution is 0.0696. The van der Waals surface area contributed by atoms with Crippen LogP contribution in [0.2, 0.25) is 0 Å². The van der Waals surface area contributed by atoms with Crippen LogP contribution in [0.1, 0.15) is 37.2 Å². The number of hydrogen-bond acceptors (Lipinski definition) is 4. The molecule has 1 amide bonds. The van der Waals surface area contributed by atoms with Crippen LogP contribution in [0.5, 0.6) is 5.75 Å². The fourth-order valence-electron chi connectivity index (χ4n) is 3.10. The number of likely N-dealkylation sites (tertiary alicyclic amines) is 1. The number of piperidine rings is 1. The van der Waals surface area contributed by atoms with Crippen LogP contribution < -0.4 is 10.1 Å². The molecule has 3 rings (SSSR count). The normalized spacial score (nSPS) is 15.5. The van der Waals surface area contributed by atoms with Gasteiger partial charge in [-0.3, -0.25) is 4.79 Å². The average Bonchev–Trinajstić information content (AvgIpc) is 3.11. The molecule has 0 radical (unpaired) electrons. The van der Waals surface area contributed by atoms with Gasteiger partial charge in [0.05, 0.1) is 18.5 Å². The molecule has 1 fully saturated rings. The van der Waals surface area contributed by atoms with Gasteiger partial charge in [0.25, 0.3) is 5.91 Å². The molecule has 1 saturated heterocycles. The second-order valence-electron chi connectivity index (χ2n) is 7.18. The van der Waals surface area contributed by atoms with Crippen molar-refractivity contribution in [1.29, 1.82) is 0 Å². The summed E-state index contributed by atoms with van der Waals surface area (Å²) in [7, 11) is 1.97. The number of aromatic nitrogens is 2. The maximum Gasteiger partial charge on any atom is 0.278 e. The molecule has 26 heavy (non-hydrogen) atoms. The highest BCUT2D eigenvalue weighted by molar-refractivity contribution is 5.95. The minimum atomic E-state index is -0.0482. The van der Waals surface area contributed by atoms with Crippen LogP contribution in [0.4, 0.5) is 0 Å². The number of benzene rings is 1. The zero-order valence-corrected chi connectivity index (χ0v) is 15.8. The number of amides is 1. The molecule has 140 valence electrons. The quantitative estimate of drug-likeness (QED) is 0.865. The highest BCUT2D eigenvalue weighted by atomic mass is 16.5. The summed E-state index contributed by atoms with van der Waals surface area (Å²) in [5, 5.41) is 7.85. The van der Waals surface area contributed by atoms with Crippen LogP contribution in [-0.2, 0) is 0 Å². The summed E-state index contributed by atoms with van der Waals surface area (Å²) in [6.45, 7) is 6.22. The first kappa shape index (κ1) is 18.5. The molecule has 1 N–H and O–H groups in total. The highest BCUT2D eigenvalue weighted by Gasteiger charge is 2.27. The monoisotopic (exact) mass is 356 g/mol. The molecule has 6 nitrogen and oxygen atoms in total. The molecular weight excluding hydrogens is 328 g/mol. The number of hydrogen-bond donors (Lipinski definition) is 1. The number of rotatable bonds is 6.